The summed E-state index contributed by atoms with van der Waals surface area (Å²) < 4.78 is 0. The Kier molecular flexibility index (Phi) is 8.42. The highest BCUT2D eigenvalue weighted by atomic mass is 127. The summed E-state index contributed by atoms with van der Waals surface area (Å²) in [6.45, 7) is 6.45. The molecule has 1 aliphatic heterocycles. The number of rotatable bonds is 5. The molecule has 2 aliphatic rings. The highest BCUT2D eigenvalue weighted by Gasteiger charge is 2.26. The maximum Gasteiger partial charge on any atom is 0.191 e. The van der Waals surface area contributed by atoms with Crippen molar-refractivity contribution in [1.82, 2.24) is 20.5 Å². The number of aliphatic imine (C=N–C) groups is 1. The molecule has 25 heavy (non-hydrogen) atoms. The average Bonchev–Trinajstić information content (AvgIpc) is 3.25. The molecular formula is C19H32IN5. The Hall–Kier alpha value is -0.890. The second-order valence-corrected chi connectivity index (χ2v) is 7.23. The van der Waals surface area contributed by atoms with Crippen LogP contribution in [0.15, 0.2) is 23.3 Å². The summed E-state index contributed by atoms with van der Waals surface area (Å²) in [5, 5.41) is 6.98. The van der Waals surface area contributed by atoms with E-state index in [1.807, 2.05) is 19.3 Å². The van der Waals surface area contributed by atoms with E-state index in [-0.39, 0.29) is 24.0 Å². The maximum atomic E-state index is 4.43. The number of hydrogen-bond donors (Lipinski definition) is 2. The summed E-state index contributed by atoms with van der Waals surface area (Å²) in [4.78, 5) is 11.4. The Morgan fingerprint density at radius 1 is 1.32 bits per heavy atom. The quantitative estimate of drug-likeness (QED) is 0.406. The molecule has 1 aromatic heterocycles. The molecule has 3 rings (SSSR count). The van der Waals surface area contributed by atoms with Gasteiger partial charge in [0.15, 0.2) is 5.96 Å². The minimum Gasteiger partial charge on any atom is -0.352 e. The van der Waals surface area contributed by atoms with Gasteiger partial charge in [-0.2, -0.15) is 0 Å². The van der Waals surface area contributed by atoms with E-state index in [4.69, 9.17) is 0 Å². The number of halogens is 1. The summed E-state index contributed by atoms with van der Waals surface area (Å²) in [5.74, 6) is 1.82. The smallest absolute Gasteiger partial charge is 0.191 e. The zero-order valence-corrected chi connectivity index (χ0v) is 17.8. The van der Waals surface area contributed by atoms with E-state index in [9.17, 15) is 0 Å². The number of hydrogen-bond acceptors (Lipinski definition) is 3. The van der Waals surface area contributed by atoms with Gasteiger partial charge < -0.3 is 15.5 Å². The van der Waals surface area contributed by atoms with Crippen molar-refractivity contribution in [1.29, 1.82) is 0 Å². The Labute approximate surface area is 169 Å². The summed E-state index contributed by atoms with van der Waals surface area (Å²) in [6.07, 6.45) is 8.78. The Morgan fingerprint density at radius 2 is 2.12 bits per heavy atom. The molecule has 0 radical (unpaired) electrons. The number of likely N-dealkylation sites (tertiary alicyclic amines) is 1. The molecule has 1 aromatic rings. The molecule has 1 unspecified atom stereocenters. The SMILES string of the molecule is CN=C(NCc1ncccc1C)NC1CCN(CC2CCCC2)C1.I. The molecule has 0 aromatic carbocycles. The number of nitrogens with zero attached hydrogens (tertiary/aromatic N) is 3. The lowest BCUT2D eigenvalue weighted by Gasteiger charge is -2.21. The van der Waals surface area contributed by atoms with E-state index in [2.05, 4.69) is 38.5 Å². The fourth-order valence-electron chi connectivity index (χ4n) is 3.93. The lowest BCUT2D eigenvalue weighted by atomic mass is 10.1. The van der Waals surface area contributed by atoms with Gasteiger partial charge in [0.25, 0.3) is 0 Å². The summed E-state index contributed by atoms with van der Waals surface area (Å²) in [5.41, 5.74) is 2.29. The highest BCUT2D eigenvalue weighted by Crippen LogP contribution is 2.26. The van der Waals surface area contributed by atoms with Crippen LogP contribution in [0.2, 0.25) is 0 Å². The second-order valence-electron chi connectivity index (χ2n) is 7.23. The first kappa shape index (κ1) is 20.4. The van der Waals surface area contributed by atoms with E-state index in [0.717, 1.165) is 24.1 Å². The van der Waals surface area contributed by atoms with Crippen molar-refractivity contribution in [3.8, 4) is 0 Å². The molecular weight excluding hydrogens is 425 g/mol. The van der Waals surface area contributed by atoms with E-state index in [1.165, 1.54) is 50.8 Å². The van der Waals surface area contributed by atoms with Crippen molar-refractivity contribution >= 4 is 29.9 Å². The molecule has 1 saturated carbocycles. The third kappa shape index (κ3) is 6.09. The molecule has 1 aliphatic carbocycles. The summed E-state index contributed by atoms with van der Waals surface area (Å²) in [6, 6.07) is 4.57. The number of aryl methyl sites for hydroxylation is 1. The minimum atomic E-state index is 0. The standard InChI is InChI=1S/C19H31N5.HI/c1-15-6-5-10-21-18(15)12-22-19(20-2)23-17-9-11-24(14-17)13-16-7-3-4-8-16;/h5-6,10,16-17H,3-4,7-9,11-14H2,1-2H3,(H2,20,22,23);1H. The summed E-state index contributed by atoms with van der Waals surface area (Å²) >= 11 is 0. The molecule has 1 atom stereocenters. The lowest BCUT2D eigenvalue weighted by molar-refractivity contribution is 0.275. The molecule has 140 valence electrons. The van der Waals surface area contributed by atoms with Crippen LogP contribution in [0, 0.1) is 12.8 Å². The van der Waals surface area contributed by atoms with Crippen molar-refractivity contribution < 1.29 is 0 Å². The van der Waals surface area contributed by atoms with Gasteiger partial charge in [0, 0.05) is 38.9 Å². The van der Waals surface area contributed by atoms with Crippen LogP contribution in [0.4, 0.5) is 0 Å². The van der Waals surface area contributed by atoms with E-state index < -0.39 is 0 Å². The van der Waals surface area contributed by atoms with Gasteiger partial charge in [-0.05, 0) is 43.7 Å². The van der Waals surface area contributed by atoms with Crippen molar-refractivity contribution in [3.63, 3.8) is 0 Å². The topological polar surface area (TPSA) is 52.6 Å². The maximum absolute atomic E-state index is 4.43. The van der Waals surface area contributed by atoms with Crippen molar-refractivity contribution in [3.05, 3.63) is 29.6 Å². The average molecular weight is 457 g/mol. The number of pyridine rings is 1. The van der Waals surface area contributed by atoms with Crippen LogP contribution in [0.1, 0.15) is 43.4 Å². The van der Waals surface area contributed by atoms with Crippen LogP contribution < -0.4 is 10.6 Å². The highest BCUT2D eigenvalue weighted by molar-refractivity contribution is 14.0. The van der Waals surface area contributed by atoms with Crippen LogP contribution in [0.5, 0.6) is 0 Å². The van der Waals surface area contributed by atoms with Crippen molar-refractivity contribution in [2.45, 2.75) is 51.6 Å². The van der Waals surface area contributed by atoms with Gasteiger partial charge in [-0.25, -0.2) is 0 Å². The molecule has 1 saturated heterocycles. The Balaban J connectivity index is 0.00000225. The monoisotopic (exact) mass is 457 g/mol. The first-order chi connectivity index (χ1) is 11.7. The molecule has 2 fully saturated rings. The normalized spacial score (nSPS) is 22.0. The zero-order valence-electron chi connectivity index (χ0n) is 15.5. The zero-order chi connectivity index (χ0) is 16.8. The molecule has 6 heteroatoms. The number of guanidine groups is 1. The van der Waals surface area contributed by atoms with Gasteiger partial charge in [-0.1, -0.05) is 18.9 Å². The third-order valence-corrected chi connectivity index (χ3v) is 5.37. The summed E-state index contributed by atoms with van der Waals surface area (Å²) in [7, 11) is 1.84. The second kappa shape index (κ2) is 10.3. The van der Waals surface area contributed by atoms with Crippen LogP contribution in [-0.4, -0.2) is 48.6 Å². The van der Waals surface area contributed by atoms with Gasteiger partial charge in [0.2, 0.25) is 0 Å². The van der Waals surface area contributed by atoms with Crippen molar-refractivity contribution in [2.75, 3.05) is 26.7 Å². The predicted octanol–water partition coefficient (Wildman–Crippen LogP) is 2.94. The van der Waals surface area contributed by atoms with E-state index in [0.29, 0.717) is 12.6 Å². The first-order valence-electron chi connectivity index (χ1n) is 9.34. The minimum absolute atomic E-state index is 0. The largest absolute Gasteiger partial charge is 0.352 e. The molecule has 0 bridgehead atoms. The number of nitrogens with one attached hydrogen (secondary N) is 2. The predicted molar refractivity (Wildman–Crippen MR) is 115 cm³/mol. The van der Waals surface area contributed by atoms with Gasteiger partial charge in [0.05, 0.1) is 12.2 Å². The molecule has 2 heterocycles. The van der Waals surface area contributed by atoms with Gasteiger partial charge in [0.1, 0.15) is 0 Å². The van der Waals surface area contributed by atoms with Crippen LogP contribution in [0.3, 0.4) is 0 Å². The fraction of sp³-hybridized carbons (Fsp3) is 0.684. The number of aromatic nitrogens is 1. The molecule has 0 amide bonds. The van der Waals surface area contributed by atoms with Gasteiger partial charge >= 0.3 is 0 Å². The first-order valence-corrected chi connectivity index (χ1v) is 9.34. The van der Waals surface area contributed by atoms with E-state index in [1.54, 1.807) is 0 Å². The Bertz CT molecular complexity index is 557. The van der Waals surface area contributed by atoms with Gasteiger partial charge in [-0.3, -0.25) is 9.98 Å². The van der Waals surface area contributed by atoms with Crippen molar-refractivity contribution in [2.24, 2.45) is 10.9 Å². The van der Waals surface area contributed by atoms with Crippen LogP contribution in [0.25, 0.3) is 0 Å². The third-order valence-electron chi connectivity index (χ3n) is 5.37. The fourth-order valence-corrected chi connectivity index (χ4v) is 3.93. The molecule has 0 spiro atoms. The Morgan fingerprint density at radius 3 is 2.84 bits per heavy atom. The van der Waals surface area contributed by atoms with Gasteiger partial charge in [-0.15, -0.1) is 24.0 Å². The van der Waals surface area contributed by atoms with E-state index >= 15 is 0 Å². The van der Waals surface area contributed by atoms with Crippen LogP contribution >= 0.6 is 24.0 Å². The molecule has 2 N–H and O–H groups in total. The molecule has 5 nitrogen and oxygen atoms in total. The lowest BCUT2D eigenvalue weighted by Crippen LogP contribution is -2.44. The van der Waals surface area contributed by atoms with Crippen LogP contribution in [-0.2, 0) is 6.54 Å².